The number of hydrogen-bond donors (Lipinski definition) is 2. The molecule has 0 aliphatic carbocycles. The van der Waals surface area contributed by atoms with Crippen LogP contribution in [0.2, 0.25) is 0 Å². The van der Waals surface area contributed by atoms with E-state index >= 15 is 0 Å². The number of thiazole rings is 1. The van der Waals surface area contributed by atoms with E-state index in [1.807, 2.05) is 0 Å². The molecule has 1 atom stereocenters. The largest absolute Gasteiger partial charge is 0.349 e. The van der Waals surface area contributed by atoms with Gasteiger partial charge in [0.2, 0.25) is 5.91 Å². The molecule has 22 heavy (non-hydrogen) atoms. The van der Waals surface area contributed by atoms with E-state index in [-0.39, 0.29) is 11.8 Å². The predicted octanol–water partition coefficient (Wildman–Crippen LogP) is 2.10. The fourth-order valence-corrected chi connectivity index (χ4v) is 3.32. The molecule has 1 unspecified atom stereocenters. The molecule has 1 aromatic rings. The van der Waals surface area contributed by atoms with Crippen molar-refractivity contribution in [3.8, 4) is 0 Å². The maximum absolute atomic E-state index is 12.1. The Morgan fingerprint density at radius 1 is 1.32 bits per heavy atom. The Morgan fingerprint density at radius 2 is 2.00 bits per heavy atom. The van der Waals surface area contributed by atoms with Gasteiger partial charge in [-0.3, -0.25) is 14.5 Å². The summed E-state index contributed by atoms with van der Waals surface area (Å²) >= 11 is 1.26. The highest BCUT2D eigenvalue weighted by Crippen LogP contribution is 2.15. The van der Waals surface area contributed by atoms with Crippen LogP contribution in [0, 0.1) is 0 Å². The third-order valence-corrected chi connectivity index (χ3v) is 4.60. The van der Waals surface area contributed by atoms with Crippen molar-refractivity contribution < 1.29 is 9.59 Å². The fraction of sp³-hybridized carbons (Fsp3) is 0.667. The standard InChI is InChI=1S/C15H24N4O2S/c1-11(19-7-5-3-4-6-8-19)9-16-14(21)13-10-22-15(18-13)17-12(2)20/h10-11H,3-9H2,1-2H3,(H,16,21)(H,17,18,20). The molecular formula is C15H24N4O2S. The van der Waals surface area contributed by atoms with E-state index in [1.165, 1.54) is 43.9 Å². The molecule has 1 fully saturated rings. The van der Waals surface area contributed by atoms with Crippen molar-refractivity contribution in [2.45, 2.75) is 45.6 Å². The van der Waals surface area contributed by atoms with Gasteiger partial charge in [0.05, 0.1) is 0 Å². The van der Waals surface area contributed by atoms with Crippen molar-refractivity contribution in [2.24, 2.45) is 0 Å². The number of aromatic nitrogens is 1. The van der Waals surface area contributed by atoms with Crippen LogP contribution in [0.5, 0.6) is 0 Å². The van der Waals surface area contributed by atoms with Crippen LogP contribution in [0.3, 0.4) is 0 Å². The molecule has 0 radical (unpaired) electrons. The maximum Gasteiger partial charge on any atom is 0.270 e. The summed E-state index contributed by atoms with van der Waals surface area (Å²) < 4.78 is 0. The van der Waals surface area contributed by atoms with Gasteiger partial charge in [-0.15, -0.1) is 11.3 Å². The summed E-state index contributed by atoms with van der Waals surface area (Å²) in [7, 11) is 0. The van der Waals surface area contributed by atoms with Crippen LogP contribution in [0.1, 0.15) is 50.0 Å². The third-order valence-electron chi connectivity index (χ3n) is 3.84. The fourth-order valence-electron chi connectivity index (χ4n) is 2.58. The van der Waals surface area contributed by atoms with Gasteiger partial charge in [-0.05, 0) is 32.9 Å². The van der Waals surface area contributed by atoms with Crippen LogP contribution in [-0.4, -0.2) is 47.4 Å². The summed E-state index contributed by atoms with van der Waals surface area (Å²) in [5.74, 6) is -0.370. The highest BCUT2D eigenvalue weighted by molar-refractivity contribution is 7.14. The Labute approximate surface area is 135 Å². The summed E-state index contributed by atoms with van der Waals surface area (Å²) in [4.78, 5) is 29.6. The summed E-state index contributed by atoms with van der Waals surface area (Å²) in [6.07, 6.45) is 5.09. The van der Waals surface area contributed by atoms with Gasteiger partial charge in [-0.25, -0.2) is 4.98 Å². The van der Waals surface area contributed by atoms with Gasteiger partial charge in [-0.1, -0.05) is 12.8 Å². The minimum absolute atomic E-state index is 0.184. The lowest BCUT2D eigenvalue weighted by Gasteiger charge is -2.27. The van der Waals surface area contributed by atoms with Crippen LogP contribution >= 0.6 is 11.3 Å². The Kier molecular flexibility index (Phi) is 6.33. The molecule has 2 heterocycles. The second kappa shape index (κ2) is 8.24. The van der Waals surface area contributed by atoms with Crippen LogP contribution in [-0.2, 0) is 4.79 Å². The SMILES string of the molecule is CC(=O)Nc1nc(C(=O)NCC(C)N2CCCCCC2)cs1. The average Bonchev–Trinajstić information content (AvgIpc) is 2.76. The molecule has 0 aromatic carbocycles. The van der Waals surface area contributed by atoms with Gasteiger partial charge < -0.3 is 10.6 Å². The van der Waals surface area contributed by atoms with Gasteiger partial charge in [0.25, 0.3) is 5.91 Å². The van der Waals surface area contributed by atoms with Crippen molar-refractivity contribution in [3.63, 3.8) is 0 Å². The lowest BCUT2D eigenvalue weighted by Crippen LogP contribution is -2.42. The first-order valence-corrected chi connectivity index (χ1v) is 8.69. The van der Waals surface area contributed by atoms with Gasteiger partial charge in [-0.2, -0.15) is 0 Å². The first kappa shape index (κ1) is 16.9. The summed E-state index contributed by atoms with van der Waals surface area (Å²) in [6, 6.07) is 0.329. The van der Waals surface area contributed by atoms with E-state index in [0.29, 0.717) is 23.4 Å². The van der Waals surface area contributed by atoms with E-state index < -0.39 is 0 Å². The molecule has 1 saturated heterocycles. The van der Waals surface area contributed by atoms with Crippen molar-refractivity contribution in [2.75, 3.05) is 25.0 Å². The van der Waals surface area contributed by atoms with Crippen molar-refractivity contribution >= 4 is 28.3 Å². The smallest absolute Gasteiger partial charge is 0.270 e. The zero-order valence-corrected chi connectivity index (χ0v) is 14.0. The summed E-state index contributed by atoms with van der Waals surface area (Å²) in [5.41, 5.74) is 0.358. The summed E-state index contributed by atoms with van der Waals surface area (Å²) in [5, 5.41) is 7.64. The molecular weight excluding hydrogens is 300 g/mol. The highest BCUT2D eigenvalue weighted by Gasteiger charge is 2.17. The number of nitrogens with zero attached hydrogens (tertiary/aromatic N) is 2. The number of carbonyl (C=O) groups excluding carboxylic acids is 2. The first-order chi connectivity index (χ1) is 10.6. The predicted molar refractivity (Wildman–Crippen MR) is 88.3 cm³/mol. The number of likely N-dealkylation sites (tertiary alicyclic amines) is 1. The zero-order chi connectivity index (χ0) is 15.9. The molecule has 2 rings (SSSR count). The molecule has 1 aliphatic rings. The normalized spacial score (nSPS) is 17.5. The number of rotatable bonds is 5. The van der Waals surface area contributed by atoms with E-state index in [2.05, 4.69) is 27.4 Å². The third kappa shape index (κ3) is 5.06. The lowest BCUT2D eigenvalue weighted by molar-refractivity contribution is -0.114. The minimum Gasteiger partial charge on any atom is -0.349 e. The second-order valence-corrected chi connectivity index (χ2v) is 6.59. The van der Waals surface area contributed by atoms with E-state index in [0.717, 1.165) is 13.1 Å². The topological polar surface area (TPSA) is 74.3 Å². The van der Waals surface area contributed by atoms with Gasteiger partial charge in [0.15, 0.2) is 5.13 Å². The first-order valence-electron chi connectivity index (χ1n) is 7.81. The molecule has 0 bridgehead atoms. The van der Waals surface area contributed by atoms with Gasteiger partial charge in [0, 0.05) is 24.9 Å². The average molecular weight is 324 g/mol. The number of anilines is 1. The zero-order valence-electron chi connectivity index (χ0n) is 13.2. The lowest BCUT2D eigenvalue weighted by atomic mass is 10.2. The Morgan fingerprint density at radius 3 is 2.64 bits per heavy atom. The summed E-state index contributed by atoms with van der Waals surface area (Å²) in [6.45, 7) is 6.41. The molecule has 1 aromatic heterocycles. The molecule has 2 amide bonds. The molecule has 6 nitrogen and oxygen atoms in total. The molecule has 0 saturated carbocycles. The van der Waals surface area contributed by atoms with Gasteiger partial charge in [0.1, 0.15) is 5.69 Å². The van der Waals surface area contributed by atoms with E-state index in [1.54, 1.807) is 5.38 Å². The Balaban J connectivity index is 1.81. The maximum atomic E-state index is 12.1. The molecule has 2 N–H and O–H groups in total. The second-order valence-electron chi connectivity index (χ2n) is 5.73. The molecule has 1 aliphatic heterocycles. The van der Waals surface area contributed by atoms with Crippen molar-refractivity contribution in [1.82, 2.24) is 15.2 Å². The number of amides is 2. The number of nitrogens with one attached hydrogen (secondary N) is 2. The van der Waals surface area contributed by atoms with Crippen LogP contribution < -0.4 is 10.6 Å². The van der Waals surface area contributed by atoms with Crippen molar-refractivity contribution in [3.05, 3.63) is 11.1 Å². The number of carbonyl (C=O) groups is 2. The van der Waals surface area contributed by atoms with Crippen LogP contribution in [0.25, 0.3) is 0 Å². The molecule has 122 valence electrons. The number of hydrogen-bond acceptors (Lipinski definition) is 5. The van der Waals surface area contributed by atoms with E-state index in [4.69, 9.17) is 0 Å². The molecule has 0 spiro atoms. The highest BCUT2D eigenvalue weighted by atomic mass is 32.1. The quantitative estimate of drug-likeness (QED) is 0.870. The van der Waals surface area contributed by atoms with Crippen molar-refractivity contribution in [1.29, 1.82) is 0 Å². The van der Waals surface area contributed by atoms with Crippen LogP contribution in [0.4, 0.5) is 5.13 Å². The Bertz CT molecular complexity index is 509. The monoisotopic (exact) mass is 324 g/mol. The minimum atomic E-state index is -0.186. The molecule has 7 heteroatoms. The van der Waals surface area contributed by atoms with Gasteiger partial charge >= 0.3 is 0 Å². The Hall–Kier alpha value is -1.47. The van der Waals surface area contributed by atoms with Crippen LogP contribution in [0.15, 0.2) is 5.38 Å². The van der Waals surface area contributed by atoms with E-state index in [9.17, 15) is 9.59 Å².